The molecule has 5 nitrogen and oxygen atoms in total. The van der Waals surface area contributed by atoms with Gasteiger partial charge in [-0.2, -0.15) is 0 Å². The maximum Gasteiger partial charge on any atom is 0.306 e. The van der Waals surface area contributed by atoms with E-state index in [0.717, 1.165) is 32.5 Å². The van der Waals surface area contributed by atoms with Crippen LogP contribution < -0.4 is 0 Å². The second kappa shape index (κ2) is 7.60. The molecule has 0 aliphatic carbocycles. The highest BCUT2D eigenvalue weighted by atomic mass is 16.5. The molecule has 1 N–H and O–H groups in total. The van der Waals surface area contributed by atoms with Crippen LogP contribution in [0, 0.1) is 0 Å². The molecule has 0 aromatic heterocycles. The van der Waals surface area contributed by atoms with Gasteiger partial charge in [0.05, 0.1) is 32.8 Å². The molecular weight excluding hydrogens is 210 g/mol. The summed E-state index contributed by atoms with van der Waals surface area (Å²) < 4.78 is 10.1. The van der Waals surface area contributed by atoms with E-state index in [4.69, 9.17) is 9.84 Å². The maximum absolute atomic E-state index is 11.0. The lowest BCUT2D eigenvalue weighted by atomic mass is 10.1. The molecule has 0 aromatic rings. The monoisotopic (exact) mass is 231 g/mol. The van der Waals surface area contributed by atoms with E-state index >= 15 is 0 Å². The van der Waals surface area contributed by atoms with Crippen molar-refractivity contribution in [3.63, 3.8) is 0 Å². The molecule has 0 saturated carbocycles. The number of likely N-dealkylation sites (tertiary alicyclic amines) is 1. The molecule has 16 heavy (non-hydrogen) atoms. The zero-order valence-electron chi connectivity index (χ0n) is 9.85. The summed E-state index contributed by atoms with van der Waals surface area (Å²) >= 11 is 0. The number of piperidine rings is 1. The van der Waals surface area contributed by atoms with E-state index in [2.05, 4.69) is 9.64 Å². The number of hydrogen-bond donors (Lipinski definition) is 1. The molecular formula is C11H21NO4. The molecule has 0 amide bonds. The quantitative estimate of drug-likeness (QED) is 0.653. The van der Waals surface area contributed by atoms with Gasteiger partial charge < -0.3 is 19.5 Å². The highest BCUT2D eigenvalue weighted by Crippen LogP contribution is 2.13. The van der Waals surface area contributed by atoms with Crippen LogP contribution >= 0.6 is 0 Å². The van der Waals surface area contributed by atoms with Crippen molar-refractivity contribution in [1.82, 2.24) is 4.90 Å². The fraction of sp³-hybridized carbons (Fsp3) is 0.909. The van der Waals surface area contributed by atoms with Crippen molar-refractivity contribution in [1.29, 1.82) is 0 Å². The highest BCUT2D eigenvalue weighted by Gasteiger charge is 2.19. The largest absolute Gasteiger partial charge is 0.469 e. The van der Waals surface area contributed by atoms with E-state index in [1.54, 1.807) is 0 Å². The third-order valence-corrected chi connectivity index (χ3v) is 2.84. The van der Waals surface area contributed by atoms with Crippen molar-refractivity contribution < 1.29 is 19.4 Å². The second-order valence-corrected chi connectivity index (χ2v) is 3.96. The Morgan fingerprint density at radius 3 is 2.69 bits per heavy atom. The Morgan fingerprint density at radius 1 is 1.44 bits per heavy atom. The minimum atomic E-state index is -0.154. The summed E-state index contributed by atoms with van der Waals surface area (Å²) in [5, 5.41) is 8.63. The first-order valence-electron chi connectivity index (χ1n) is 5.78. The van der Waals surface area contributed by atoms with Crippen LogP contribution in [0.3, 0.4) is 0 Å². The molecule has 5 heteroatoms. The minimum absolute atomic E-state index is 0.0859. The molecule has 0 atom stereocenters. The first kappa shape index (κ1) is 13.4. The number of carbonyl (C=O) groups excluding carboxylic acids is 1. The zero-order valence-corrected chi connectivity index (χ0v) is 9.85. The Labute approximate surface area is 96.3 Å². The van der Waals surface area contributed by atoms with Gasteiger partial charge in [0, 0.05) is 19.6 Å². The van der Waals surface area contributed by atoms with Crippen molar-refractivity contribution in [3.05, 3.63) is 0 Å². The van der Waals surface area contributed by atoms with Crippen LogP contribution in [-0.4, -0.2) is 62.0 Å². The van der Waals surface area contributed by atoms with Crippen LogP contribution in [0.1, 0.15) is 19.3 Å². The molecule has 0 radical (unpaired) electrons. The Hall–Kier alpha value is -0.650. The van der Waals surface area contributed by atoms with E-state index in [9.17, 15) is 4.79 Å². The van der Waals surface area contributed by atoms with Crippen LogP contribution in [0.25, 0.3) is 0 Å². The highest BCUT2D eigenvalue weighted by molar-refractivity contribution is 5.69. The molecule has 94 valence electrons. The first-order valence-corrected chi connectivity index (χ1v) is 5.78. The van der Waals surface area contributed by atoms with Gasteiger partial charge in [0.25, 0.3) is 0 Å². The smallest absolute Gasteiger partial charge is 0.306 e. The maximum atomic E-state index is 11.0. The van der Waals surface area contributed by atoms with Gasteiger partial charge in [-0.15, -0.1) is 0 Å². The molecule has 1 rings (SSSR count). The van der Waals surface area contributed by atoms with Crippen LogP contribution in [0.5, 0.6) is 0 Å². The molecule has 0 aromatic carbocycles. The number of nitrogens with zero attached hydrogens (tertiary/aromatic N) is 1. The van der Waals surface area contributed by atoms with Crippen LogP contribution in [0.2, 0.25) is 0 Å². The Morgan fingerprint density at radius 2 is 2.12 bits per heavy atom. The number of ether oxygens (including phenoxy) is 2. The Balaban J connectivity index is 2.09. The number of carbonyl (C=O) groups is 1. The van der Waals surface area contributed by atoms with Crippen molar-refractivity contribution >= 4 is 5.97 Å². The molecule has 0 bridgehead atoms. The molecule has 0 spiro atoms. The van der Waals surface area contributed by atoms with E-state index in [1.807, 2.05) is 0 Å². The number of rotatable bonds is 6. The fourth-order valence-electron chi connectivity index (χ4n) is 1.87. The Kier molecular flexibility index (Phi) is 6.37. The van der Waals surface area contributed by atoms with Gasteiger partial charge in [-0.25, -0.2) is 0 Å². The van der Waals surface area contributed by atoms with E-state index < -0.39 is 0 Å². The van der Waals surface area contributed by atoms with Gasteiger partial charge in [0.1, 0.15) is 0 Å². The van der Waals surface area contributed by atoms with Crippen LogP contribution in [0.4, 0.5) is 0 Å². The molecule has 1 aliphatic heterocycles. The summed E-state index contributed by atoms with van der Waals surface area (Å²) in [6.07, 6.45) is 2.67. The van der Waals surface area contributed by atoms with Crippen molar-refractivity contribution in [2.24, 2.45) is 0 Å². The number of hydrogen-bond acceptors (Lipinski definition) is 5. The molecule has 1 fully saturated rings. The van der Waals surface area contributed by atoms with Crippen molar-refractivity contribution in [3.8, 4) is 0 Å². The van der Waals surface area contributed by atoms with Crippen LogP contribution in [-0.2, 0) is 14.3 Å². The van der Waals surface area contributed by atoms with Gasteiger partial charge in [-0.3, -0.25) is 4.79 Å². The zero-order chi connectivity index (χ0) is 11.8. The van der Waals surface area contributed by atoms with Gasteiger partial charge >= 0.3 is 5.97 Å². The summed E-state index contributed by atoms with van der Waals surface area (Å²) in [5.74, 6) is -0.154. The van der Waals surface area contributed by atoms with Gasteiger partial charge in [0.2, 0.25) is 0 Å². The summed E-state index contributed by atoms with van der Waals surface area (Å²) in [6.45, 7) is 3.18. The van der Waals surface area contributed by atoms with E-state index in [-0.39, 0.29) is 18.7 Å². The van der Waals surface area contributed by atoms with Gasteiger partial charge in [-0.1, -0.05) is 0 Å². The van der Waals surface area contributed by atoms with E-state index in [0.29, 0.717) is 13.0 Å². The molecule has 0 unspecified atom stereocenters. The van der Waals surface area contributed by atoms with Crippen molar-refractivity contribution in [2.75, 3.05) is 40.0 Å². The SMILES string of the molecule is COC(=O)CCN1CCC(OCCO)CC1. The number of aliphatic hydroxyl groups excluding tert-OH is 1. The fourth-order valence-corrected chi connectivity index (χ4v) is 1.87. The summed E-state index contributed by atoms with van der Waals surface area (Å²) in [4.78, 5) is 13.2. The topological polar surface area (TPSA) is 59.0 Å². The average Bonchev–Trinajstić information content (AvgIpc) is 2.34. The lowest BCUT2D eigenvalue weighted by Crippen LogP contribution is -2.38. The summed E-state index contributed by atoms with van der Waals surface area (Å²) in [7, 11) is 1.41. The summed E-state index contributed by atoms with van der Waals surface area (Å²) in [6, 6.07) is 0. The second-order valence-electron chi connectivity index (χ2n) is 3.96. The lowest BCUT2D eigenvalue weighted by Gasteiger charge is -2.31. The van der Waals surface area contributed by atoms with E-state index in [1.165, 1.54) is 7.11 Å². The minimum Gasteiger partial charge on any atom is -0.469 e. The predicted octanol–water partition coefficient (Wildman–Crippen LogP) is 0.0228. The van der Waals surface area contributed by atoms with Gasteiger partial charge in [-0.05, 0) is 12.8 Å². The third kappa shape index (κ3) is 4.92. The number of methoxy groups -OCH3 is 1. The summed E-state index contributed by atoms with van der Waals surface area (Å²) in [5.41, 5.74) is 0. The predicted molar refractivity (Wildman–Crippen MR) is 59.1 cm³/mol. The lowest BCUT2D eigenvalue weighted by molar-refractivity contribution is -0.141. The molecule has 1 saturated heterocycles. The third-order valence-electron chi connectivity index (χ3n) is 2.84. The van der Waals surface area contributed by atoms with Crippen LogP contribution in [0.15, 0.2) is 0 Å². The number of esters is 1. The Bertz CT molecular complexity index is 202. The van der Waals surface area contributed by atoms with Gasteiger partial charge in [0.15, 0.2) is 0 Å². The number of aliphatic hydroxyl groups is 1. The average molecular weight is 231 g/mol. The molecule has 1 heterocycles. The van der Waals surface area contributed by atoms with Crippen molar-refractivity contribution in [2.45, 2.75) is 25.4 Å². The normalized spacial score (nSPS) is 18.6. The molecule has 1 aliphatic rings. The first-order chi connectivity index (χ1) is 7.76. The standard InChI is InChI=1S/C11H21NO4/c1-15-11(14)4-7-12-5-2-10(3-6-12)16-9-8-13/h10,13H,2-9H2,1H3.